The standard InChI is InChI=1S/C23H21N3OS2/c1-27-20-10-9-16(12-17(20)15-28-22-8-4-5-11-25-22)14-26-23-19(13-24)18-6-2-3-7-21(18)29-23/h4-5,8-12,14H,2-3,6-7,15H2,1H3. The maximum Gasteiger partial charge on any atom is 0.134 e. The van der Waals surface area contributed by atoms with Gasteiger partial charge in [0.1, 0.15) is 16.8 Å². The number of aliphatic imine (C=N–C) groups is 1. The highest BCUT2D eigenvalue weighted by Crippen LogP contribution is 2.39. The van der Waals surface area contributed by atoms with E-state index in [0.29, 0.717) is 0 Å². The topological polar surface area (TPSA) is 58.3 Å². The lowest BCUT2D eigenvalue weighted by Gasteiger charge is -2.09. The number of nitriles is 1. The molecular formula is C23H21N3OS2. The van der Waals surface area contributed by atoms with Crippen LogP contribution in [0.4, 0.5) is 5.00 Å². The van der Waals surface area contributed by atoms with Crippen molar-refractivity contribution in [3.63, 3.8) is 0 Å². The third-order valence-corrected chi connectivity index (χ3v) is 7.11. The molecule has 0 spiro atoms. The Hall–Kier alpha value is -2.62. The van der Waals surface area contributed by atoms with Crippen LogP contribution >= 0.6 is 23.1 Å². The van der Waals surface area contributed by atoms with Gasteiger partial charge in [0.25, 0.3) is 0 Å². The predicted octanol–water partition coefficient (Wildman–Crippen LogP) is 5.95. The molecule has 4 rings (SSSR count). The first-order valence-corrected chi connectivity index (χ1v) is 11.4. The number of fused-ring (bicyclic) bond motifs is 1. The zero-order chi connectivity index (χ0) is 20.1. The van der Waals surface area contributed by atoms with E-state index < -0.39 is 0 Å². The number of aromatic nitrogens is 1. The van der Waals surface area contributed by atoms with Crippen molar-refractivity contribution >= 4 is 34.3 Å². The average molecular weight is 420 g/mol. The highest BCUT2D eigenvalue weighted by molar-refractivity contribution is 7.98. The van der Waals surface area contributed by atoms with E-state index in [0.717, 1.165) is 57.5 Å². The summed E-state index contributed by atoms with van der Waals surface area (Å²) in [6.07, 6.45) is 8.10. The highest BCUT2D eigenvalue weighted by atomic mass is 32.2. The number of thiophene rings is 1. The van der Waals surface area contributed by atoms with Crippen LogP contribution in [0.5, 0.6) is 5.75 Å². The van der Waals surface area contributed by atoms with Crippen molar-refractivity contribution in [2.24, 2.45) is 4.99 Å². The summed E-state index contributed by atoms with van der Waals surface area (Å²) in [6.45, 7) is 0. The van der Waals surface area contributed by atoms with Gasteiger partial charge in [0.05, 0.1) is 17.7 Å². The largest absolute Gasteiger partial charge is 0.496 e. The molecule has 0 saturated heterocycles. The molecule has 1 aliphatic rings. The molecular weight excluding hydrogens is 398 g/mol. The number of thioether (sulfide) groups is 1. The van der Waals surface area contributed by atoms with E-state index in [4.69, 9.17) is 4.74 Å². The maximum absolute atomic E-state index is 9.61. The van der Waals surface area contributed by atoms with Crippen LogP contribution in [0.3, 0.4) is 0 Å². The van der Waals surface area contributed by atoms with Gasteiger partial charge in [0.15, 0.2) is 0 Å². The molecule has 0 atom stereocenters. The van der Waals surface area contributed by atoms with Crippen molar-refractivity contribution in [3.8, 4) is 11.8 Å². The number of ether oxygens (including phenoxy) is 1. The quantitative estimate of drug-likeness (QED) is 0.366. The molecule has 0 aliphatic heterocycles. The molecule has 146 valence electrons. The zero-order valence-corrected chi connectivity index (χ0v) is 17.9. The summed E-state index contributed by atoms with van der Waals surface area (Å²) >= 11 is 3.34. The van der Waals surface area contributed by atoms with Crippen molar-refractivity contribution < 1.29 is 4.74 Å². The molecule has 3 aromatic rings. The molecule has 0 unspecified atom stereocenters. The first kappa shape index (κ1) is 19.7. The van der Waals surface area contributed by atoms with Gasteiger partial charge in [-0.1, -0.05) is 6.07 Å². The van der Waals surface area contributed by atoms with Gasteiger partial charge in [0.2, 0.25) is 0 Å². The summed E-state index contributed by atoms with van der Waals surface area (Å²) in [5.74, 6) is 1.62. The molecule has 0 amide bonds. The van der Waals surface area contributed by atoms with Crippen LogP contribution in [0.1, 0.15) is 40.0 Å². The minimum absolute atomic E-state index is 0.763. The molecule has 4 nitrogen and oxygen atoms in total. The van der Waals surface area contributed by atoms with Gasteiger partial charge in [-0.2, -0.15) is 5.26 Å². The number of methoxy groups -OCH3 is 1. The number of hydrogen-bond donors (Lipinski definition) is 0. The van der Waals surface area contributed by atoms with Gasteiger partial charge < -0.3 is 4.74 Å². The minimum Gasteiger partial charge on any atom is -0.496 e. The van der Waals surface area contributed by atoms with Crippen molar-refractivity contribution in [1.29, 1.82) is 5.26 Å². The molecule has 6 heteroatoms. The Labute approximate surface area is 179 Å². The molecule has 1 aliphatic carbocycles. The maximum atomic E-state index is 9.61. The van der Waals surface area contributed by atoms with Gasteiger partial charge in [0, 0.05) is 28.6 Å². The van der Waals surface area contributed by atoms with Gasteiger partial charge in [-0.3, -0.25) is 0 Å². The molecule has 0 radical (unpaired) electrons. The molecule has 0 fully saturated rings. The second-order valence-corrected chi connectivity index (χ2v) is 8.87. The third-order valence-electron chi connectivity index (χ3n) is 4.91. The van der Waals surface area contributed by atoms with E-state index in [1.165, 1.54) is 16.9 Å². The lowest BCUT2D eigenvalue weighted by molar-refractivity contribution is 0.411. The fourth-order valence-corrected chi connectivity index (χ4v) is 5.49. The van der Waals surface area contributed by atoms with Crippen LogP contribution < -0.4 is 4.74 Å². The van der Waals surface area contributed by atoms with E-state index in [2.05, 4.69) is 22.1 Å². The fraction of sp³-hybridized carbons (Fsp3) is 0.261. The van der Waals surface area contributed by atoms with Crippen LogP contribution in [0, 0.1) is 11.3 Å². The summed E-state index contributed by atoms with van der Waals surface area (Å²) in [5, 5.41) is 11.4. The number of pyridine rings is 1. The number of aryl methyl sites for hydroxylation is 1. The van der Waals surface area contributed by atoms with Gasteiger partial charge in [-0.25, -0.2) is 9.98 Å². The second kappa shape index (κ2) is 9.25. The molecule has 2 aromatic heterocycles. The van der Waals surface area contributed by atoms with Crippen molar-refractivity contribution in [2.45, 2.75) is 36.5 Å². The normalized spacial score (nSPS) is 13.2. The van der Waals surface area contributed by atoms with Crippen LogP contribution in [0.15, 0.2) is 52.6 Å². The van der Waals surface area contributed by atoms with Crippen LogP contribution in [-0.2, 0) is 18.6 Å². The number of hydrogen-bond acceptors (Lipinski definition) is 6. The Morgan fingerprint density at radius 2 is 2.17 bits per heavy atom. The van der Waals surface area contributed by atoms with Crippen molar-refractivity contribution in [3.05, 3.63) is 69.7 Å². The molecule has 1 aromatic carbocycles. The number of nitrogens with zero attached hydrogens (tertiary/aromatic N) is 3. The zero-order valence-electron chi connectivity index (χ0n) is 16.2. The van der Waals surface area contributed by atoms with Crippen LogP contribution in [-0.4, -0.2) is 18.3 Å². The van der Waals surface area contributed by atoms with Crippen LogP contribution in [0.25, 0.3) is 0 Å². The van der Waals surface area contributed by atoms with E-state index in [1.807, 2.05) is 36.5 Å². The fourth-order valence-electron chi connectivity index (χ4n) is 3.47. The lowest BCUT2D eigenvalue weighted by atomic mass is 9.96. The van der Waals surface area contributed by atoms with E-state index in [-0.39, 0.29) is 0 Å². The summed E-state index contributed by atoms with van der Waals surface area (Å²) < 4.78 is 5.52. The molecule has 0 N–H and O–H groups in total. The summed E-state index contributed by atoms with van der Waals surface area (Å²) in [4.78, 5) is 10.4. The monoisotopic (exact) mass is 419 g/mol. The summed E-state index contributed by atoms with van der Waals surface area (Å²) in [5.41, 5.74) is 4.08. The van der Waals surface area contributed by atoms with E-state index >= 15 is 0 Å². The first-order valence-electron chi connectivity index (χ1n) is 9.58. The Kier molecular flexibility index (Phi) is 6.28. The Morgan fingerprint density at radius 3 is 2.97 bits per heavy atom. The van der Waals surface area contributed by atoms with Gasteiger partial charge >= 0.3 is 0 Å². The summed E-state index contributed by atoms with van der Waals surface area (Å²) in [7, 11) is 1.69. The predicted molar refractivity (Wildman–Crippen MR) is 120 cm³/mol. The third kappa shape index (κ3) is 4.52. The SMILES string of the molecule is COc1ccc(C=Nc2sc3c(c2C#N)CCCC3)cc1CSc1ccccn1. The Balaban J connectivity index is 1.56. The van der Waals surface area contributed by atoms with Gasteiger partial charge in [-0.05, 0) is 67.1 Å². The van der Waals surface area contributed by atoms with E-state index in [1.54, 1.807) is 36.4 Å². The minimum atomic E-state index is 0.763. The molecule has 2 heterocycles. The van der Waals surface area contributed by atoms with Crippen molar-refractivity contribution in [1.82, 2.24) is 4.98 Å². The van der Waals surface area contributed by atoms with Crippen LogP contribution in [0.2, 0.25) is 0 Å². The average Bonchev–Trinajstić information content (AvgIpc) is 3.14. The van der Waals surface area contributed by atoms with Crippen molar-refractivity contribution in [2.75, 3.05) is 7.11 Å². The molecule has 0 saturated carbocycles. The molecule has 0 bridgehead atoms. The molecule has 29 heavy (non-hydrogen) atoms. The summed E-state index contributed by atoms with van der Waals surface area (Å²) in [6, 6.07) is 14.3. The smallest absolute Gasteiger partial charge is 0.134 e. The second-order valence-electron chi connectivity index (χ2n) is 6.79. The Morgan fingerprint density at radius 1 is 1.28 bits per heavy atom. The van der Waals surface area contributed by atoms with Gasteiger partial charge in [-0.15, -0.1) is 23.1 Å². The highest BCUT2D eigenvalue weighted by Gasteiger charge is 2.20. The number of benzene rings is 1. The Bertz CT molecular complexity index is 1070. The van der Waals surface area contributed by atoms with E-state index in [9.17, 15) is 5.26 Å². The first-order chi connectivity index (χ1) is 14.3. The number of rotatable bonds is 6. The lowest BCUT2D eigenvalue weighted by Crippen LogP contribution is -1.99.